The standard InChI is InChI=1S/C14H7Cl2F3O2/c15-10-2-3-11(12(16)6-10)8-1-4-13(9(5-8)7-20)21-14(17,18)19/h1-7H. The lowest BCUT2D eigenvalue weighted by Crippen LogP contribution is -2.18. The van der Waals surface area contributed by atoms with Gasteiger partial charge in [0.1, 0.15) is 5.75 Å². The molecule has 0 unspecified atom stereocenters. The molecule has 0 heterocycles. The molecule has 7 heteroatoms. The smallest absolute Gasteiger partial charge is 0.405 e. The fourth-order valence-corrected chi connectivity index (χ4v) is 2.27. The van der Waals surface area contributed by atoms with Crippen LogP contribution in [0.5, 0.6) is 5.75 Å². The van der Waals surface area contributed by atoms with E-state index in [1.165, 1.54) is 18.2 Å². The van der Waals surface area contributed by atoms with Crippen molar-refractivity contribution in [2.75, 3.05) is 0 Å². The van der Waals surface area contributed by atoms with E-state index < -0.39 is 12.1 Å². The van der Waals surface area contributed by atoms with Crippen LogP contribution in [0, 0.1) is 0 Å². The number of alkyl halides is 3. The van der Waals surface area contributed by atoms with Crippen molar-refractivity contribution in [2.24, 2.45) is 0 Å². The molecule has 0 aliphatic rings. The van der Waals surface area contributed by atoms with E-state index >= 15 is 0 Å². The van der Waals surface area contributed by atoms with Crippen molar-refractivity contribution in [1.82, 2.24) is 0 Å². The van der Waals surface area contributed by atoms with E-state index in [0.717, 1.165) is 6.07 Å². The molecule has 21 heavy (non-hydrogen) atoms. The monoisotopic (exact) mass is 334 g/mol. The van der Waals surface area contributed by atoms with Crippen molar-refractivity contribution < 1.29 is 22.7 Å². The van der Waals surface area contributed by atoms with Gasteiger partial charge in [-0.2, -0.15) is 0 Å². The highest BCUT2D eigenvalue weighted by molar-refractivity contribution is 6.36. The Labute approximate surface area is 128 Å². The topological polar surface area (TPSA) is 26.3 Å². The zero-order chi connectivity index (χ0) is 15.6. The molecule has 0 bridgehead atoms. The average Bonchev–Trinajstić information content (AvgIpc) is 2.38. The van der Waals surface area contributed by atoms with Gasteiger partial charge in [-0.1, -0.05) is 35.3 Å². The lowest BCUT2D eigenvalue weighted by molar-refractivity contribution is -0.274. The highest BCUT2D eigenvalue weighted by atomic mass is 35.5. The Morgan fingerprint density at radius 1 is 1.05 bits per heavy atom. The van der Waals surface area contributed by atoms with E-state index in [9.17, 15) is 18.0 Å². The molecule has 2 aromatic carbocycles. The van der Waals surface area contributed by atoms with Gasteiger partial charge in [0.25, 0.3) is 0 Å². The van der Waals surface area contributed by atoms with Crippen molar-refractivity contribution in [3.63, 3.8) is 0 Å². The van der Waals surface area contributed by atoms with Crippen LogP contribution in [0.25, 0.3) is 11.1 Å². The summed E-state index contributed by atoms with van der Waals surface area (Å²) in [7, 11) is 0. The summed E-state index contributed by atoms with van der Waals surface area (Å²) in [6.45, 7) is 0. The number of ether oxygens (including phenoxy) is 1. The predicted molar refractivity (Wildman–Crippen MR) is 74.0 cm³/mol. The molecular weight excluding hydrogens is 328 g/mol. The molecule has 0 N–H and O–H groups in total. The van der Waals surface area contributed by atoms with Crippen molar-refractivity contribution in [1.29, 1.82) is 0 Å². The van der Waals surface area contributed by atoms with E-state index in [2.05, 4.69) is 4.74 Å². The van der Waals surface area contributed by atoms with Crippen LogP contribution in [0.15, 0.2) is 36.4 Å². The van der Waals surface area contributed by atoms with Crippen LogP contribution < -0.4 is 4.74 Å². The van der Waals surface area contributed by atoms with Crippen molar-refractivity contribution >= 4 is 29.5 Å². The summed E-state index contributed by atoms with van der Waals surface area (Å²) < 4.78 is 40.4. The van der Waals surface area contributed by atoms with Crippen LogP contribution in [0.1, 0.15) is 10.4 Å². The van der Waals surface area contributed by atoms with Gasteiger partial charge < -0.3 is 4.74 Å². The Kier molecular flexibility index (Phi) is 4.44. The van der Waals surface area contributed by atoms with Gasteiger partial charge in [-0.3, -0.25) is 4.79 Å². The highest BCUT2D eigenvalue weighted by Gasteiger charge is 2.32. The van der Waals surface area contributed by atoms with Crippen LogP contribution in [0.4, 0.5) is 13.2 Å². The van der Waals surface area contributed by atoms with Crippen LogP contribution in [-0.4, -0.2) is 12.6 Å². The number of hydrogen-bond acceptors (Lipinski definition) is 2. The second kappa shape index (κ2) is 5.95. The minimum Gasteiger partial charge on any atom is -0.405 e. The molecule has 0 fully saturated rings. The highest BCUT2D eigenvalue weighted by Crippen LogP contribution is 2.34. The van der Waals surface area contributed by atoms with Gasteiger partial charge in [0.05, 0.1) is 5.56 Å². The van der Waals surface area contributed by atoms with Crippen LogP contribution in [-0.2, 0) is 0 Å². The summed E-state index contributed by atoms with van der Waals surface area (Å²) in [6.07, 6.45) is -4.58. The lowest BCUT2D eigenvalue weighted by Gasteiger charge is -2.12. The third-order valence-electron chi connectivity index (χ3n) is 2.60. The molecule has 0 radical (unpaired) electrons. The molecule has 0 aliphatic heterocycles. The van der Waals surface area contributed by atoms with Gasteiger partial charge >= 0.3 is 6.36 Å². The Balaban J connectivity index is 2.46. The van der Waals surface area contributed by atoms with Gasteiger partial charge in [0.2, 0.25) is 0 Å². The fourth-order valence-electron chi connectivity index (χ4n) is 1.75. The minimum atomic E-state index is -4.86. The summed E-state index contributed by atoms with van der Waals surface area (Å²) in [5.41, 5.74) is 0.798. The molecule has 0 atom stereocenters. The van der Waals surface area contributed by atoms with Gasteiger partial charge in [0.15, 0.2) is 6.29 Å². The van der Waals surface area contributed by atoms with Gasteiger partial charge in [-0.15, -0.1) is 13.2 Å². The van der Waals surface area contributed by atoms with Gasteiger partial charge in [0, 0.05) is 15.6 Å². The first-order chi connectivity index (χ1) is 9.80. The summed E-state index contributed by atoms with van der Waals surface area (Å²) in [5.74, 6) is -0.564. The average molecular weight is 335 g/mol. The minimum absolute atomic E-state index is 0.226. The maximum absolute atomic E-state index is 12.2. The van der Waals surface area contributed by atoms with E-state index in [1.54, 1.807) is 12.1 Å². The maximum Gasteiger partial charge on any atom is 0.573 e. The number of aldehydes is 1. The molecule has 110 valence electrons. The maximum atomic E-state index is 12.2. The Morgan fingerprint density at radius 3 is 2.33 bits per heavy atom. The first-order valence-electron chi connectivity index (χ1n) is 5.60. The Hall–Kier alpha value is -1.72. The van der Waals surface area contributed by atoms with Crippen LogP contribution >= 0.6 is 23.2 Å². The molecule has 0 aromatic heterocycles. The second-order valence-corrected chi connectivity index (χ2v) is 4.89. The summed E-state index contributed by atoms with van der Waals surface area (Å²) in [5, 5.41) is 0.750. The van der Waals surface area contributed by atoms with E-state index in [1.807, 2.05) is 0 Å². The van der Waals surface area contributed by atoms with Crippen molar-refractivity contribution in [2.45, 2.75) is 6.36 Å². The van der Waals surface area contributed by atoms with Crippen molar-refractivity contribution in [3.8, 4) is 16.9 Å². The van der Waals surface area contributed by atoms with E-state index in [4.69, 9.17) is 23.2 Å². The van der Waals surface area contributed by atoms with Crippen LogP contribution in [0.3, 0.4) is 0 Å². The summed E-state index contributed by atoms with van der Waals surface area (Å²) in [4.78, 5) is 10.9. The molecule has 0 saturated carbocycles. The number of carbonyl (C=O) groups is 1. The molecule has 0 spiro atoms. The molecule has 0 aliphatic carbocycles. The lowest BCUT2D eigenvalue weighted by atomic mass is 10.0. The quantitative estimate of drug-likeness (QED) is 0.705. The molecule has 2 nitrogen and oxygen atoms in total. The first kappa shape index (κ1) is 15.7. The third-order valence-corrected chi connectivity index (χ3v) is 3.15. The molecule has 2 aromatic rings. The number of halogens is 5. The molecular formula is C14H7Cl2F3O2. The second-order valence-electron chi connectivity index (χ2n) is 4.04. The summed E-state index contributed by atoms with van der Waals surface area (Å²) in [6, 6.07) is 8.41. The first-order valence-corrected chi connectivity index (χ1v) is 6.36. The number of benzene rings is 2. The Morgan fingerprint density at radius 2 is 1.76 bits per heavy atom. The largest absolute Gasteiger partial charge is 0.573 e. The zero-order valence-electron chi connectivity index (χ0n) is 10.2. The molecule has 0 saturated heterocycles. The normalized spacial score (nSPS) is 11.3. The number of carbonyl (C=O) groups excluding carboxylic acids is 1. The number of hydrogen-bond donors (Lipinski definition) is 0. The van der Waals surface area contributed by atoms with Gasteiger partial charge in [-0.25, -0.2) is 0 Å². The Bertz CT molecular complexity index is 684. The molecule has 2 rings (SSSR count). The zero-order valence-corrected chi connectivity index (χ0v) is 11.8. The SMILES string of the molecule is O=Cc1cc(-c2ccc(Cl)cc2Cl)ccc1OC(F)(F)F. The fraction of sp³-hybridized carbons (Fsp3) is 0.0714. The summed E-state index contributed by atoms with van der Waals surface area (Å²) >= 11 is 11.8. The molecule has 0 amide bonds. The van der Waals surface area contributed by atoms with Crippen molar-refractivity contribution in [3.05, 3.63) is 52.0 Å². The van der Waals surface area contributed by atoms with E-state index in [0.29, 0.717) is 21.2 Å². The van der Waals surface area contributed by atoms with E-state index in [-0.39, 0.29) is 11.8 Å². The van der Waals surface area contributed by atoms with Crippen LogP contribution in [0.2, 0.25) is 10.0 Å². The number of rotatable bonds is 3. The van der Waals surface area contributed by atoms with Gasteiger partial charge in [-0.05, 0) is 29.8 Å². The predicted octanol–water partition coefficient (Wildman–Crippen LogP) is 5.37. The third kappa shape index (κ3) is 3.89.